The summed E-state index contributed by atoms with van der Waals surface area (Å²) < 4.78 is 21.3. The van der Waals surface area contributed by atoms with Crippen LogP contribution in [-0.2, 0) is 28.5 Å². The first-order chi connectivity index (χ1) is 17.0. The van der Waals surface area contributed by atoms with Crippen LogP contribution in [0.1, 0.15) is 33.8 Å². The molecule has 2 aromatic rings. The van der Waals surface area contributed by atoms with E-state index >= 15 is 0 Å². The van der Waals surface area contributed by atoms with Gasteiger partial charge < -0.3 is 29.1 Å². The molecule has 0 atom stereocenters. The highest BCUT2D eigenvalue weighted by Gasteiger charge is 2.15. The minimum absolute atomic E-state index is 0.147. The third-order valence-electron chi connectivity index (χ3n) is 4.66. The normalized spacial score (nSPS) is 10.8. The van der Waals surface area contributed by atoms with Crippen LogP contribution in [0, 0.1) is 13.8 Å². The molecule has 10 nitrogen and oxygen atoms in total. The van der Waals surface area contributed by atoms with E-state index in [9.17, 15) is 14.4 Å². The van der Waals surface area contributed by atoms with Gasteiger partial charge in [-0.3, -0.25) is 14.9 Å². The Labute approximate surface area is 209 Å². The van der Waals surface area contributed by atoms with Gasteiger partial charge in [0, 0.05) is 11.3 Å². The van der Waals surface area contributed by atoms with E-state index in [-0.39, 0.29) is 24.8 Å². The van der Waals surface area contributed by atoms with E-state index in [0.717, 1.165) is 16.9 Å². The maximum absolute atomic E-state index is 12.7. The highest BCUT2D eigenvalue weighted by atomic mass is 32.1. The first-order valence-electron chi connectivity index (χ1n) is 11.4. The second-order valence-corrected chi connectivity index (χ2v) is 8.57. The number of para-hydroxylation sites is 1. The predicted molar refractivity (Wildman–Crippen MR) is 133 cm³/mol. The molecule has 192 valence electrons. The van der Waals surface area contributed by atoms with E-state index in [0.29, 0.717) is 69.1 Å². The lowest BCUT2D eigenvalue weighted by Crippen LogP contribution is -2.19. The van der Waals surface area contributed by atoms with Gasteiger partial charge in [0.1, 0.15) is 6.29 Å². The molecule has 0 radical (unpaired) electrons. The van der Waals surface area contributed by atoms with Gasteiger partial charge in [0.25, 0.3) is 5.91 Å². The number of hydrogen-bond donors (Lipinski definition) is 2. The summed E-state index contributed by atoms with van der Waals surface area (Å²) >= 11 is 1.41. The minimum atomic E-state index is -0.336. The van der Waals surface area contributed by atoms with Crippen molar-refractivity contribution in [3.05, 3.63) is 40.4 Å². The number of nitrogens with zero attached hydrogens (tertiary/aromatic N) is 1. The number of thiazole rings is 1. The molecule has 35 heavy (non-hydrogen) atoms. The van der Waals surface area contributed by atoms with Crippen LogP contribution in [0.4, 0.5) is 10.8 Å². The zero-order chi connectivity index (χ0) is 25.3. The van der Waals surface area contributed by atoms with Crippen LogP contribution in [0.2, 0.25) is 0 Å². The van der Waals surface area contributed by atoms with Crippen molar-refractivity contribution in [3.8, 4) is 0 Å². The molecule has 1 aromatic heterocycles. The number of aromatic nitrogens is 1. The number of aldehydes is 1. The van der Waals surface area contributed by atoms with E-state index in [1.54, 1.807) is 24.3 Å². The summed E-state index contributed by atoms with van der Waals surface area (Å²) in [5.74, 6) is -0.590. The number of carbonyl (C=O) groups excluding carboxylic acids is 3. The predicted octanol–water partition coefficient (Wildman–Crippen LogP) is 3.00. The van der Waals surface area contributed by atoms with Crippen LogP contribution < -0.4 is 10.6 Å². The summed E-state index contributed by atoms with van der Waals surface area (Å²) in [5.41, 5.74) is 1.66. The molecule has 0 fully saturated rings. The van der Waals surface area contributed by atoms with Crippen molar-refractivity contribution in [2.24, 2.45) is 0 Å². The molecule has 0 aliphatic carbocycles. The average molecular weight is 508 g/mol. The van der Waals surface area contributed by atoms with Gasteiger partial charge in [0.2, 0.25) is 5.91 Å². The molecule has 0 spiro atoms. The van der Waals surface area contributed by atoms with Gasteiger partial charge >= 0.3 is 0 Å². The average Bonchev–Trinajstić information content (AvgIpc) is 3.15. The lowest BCUT2D eigenvalue weighted by atomic mass is 10.1. The Morgan fingerprint density at radius 3 is 2.09 bits per heavy atom. The number of hydrogen-bond acceptors (Lipinski definition) is 9. The van der Waals surface area contributed by atoms with Gasteiger partial charge in [-0.1, -0.05) is 12.1 Å². The Balaban J connectivity index is 1.57. The number of aryl methyl sites for hydroxylation is 2. The maximum Gasteiger partial charge on any atom is 0.259 e. The maximum atomic E-state index is 12.7. The lowest BCUT2D eigenvalue weighted by molar-refractivity contribution is -0.117. The summed E-state index contributed by atoms with van der Waals surface area (Å²) in [6.45, 7) is 6.97. The first-order valence-corrected chi connectivity index (χ1v) is 12.2. The van der Waals surface area contributed by atoms with Crippen molar-refractivity contribution in [2.75, 3.05) is 63.5 Å². The van der Waals surface area contributed by atoms with E-state index < -0.39 is 0 Å². The Morgan fingerprint density at radius 2 is 1.49 bits per heavy atom. The summed E-state index contributed by atoms with van der Waals surface area (Å²) in [6, 6.07) is 6.82. The van der Waals surface area contributed by atoms with Crippen molar-refractivity contribution >= 4 is 40.3 Å². The molecular weight excluding hydrogens is 474 g/mol. The Hall–Kier alpha value is -2.70. The van der Waals surface area contributed by atoms with Gasteiger partial charge in [0.15, 0.2) is 5.13 Å². The Bertz CT molecular complexity index is 916. The number of amides is 2. The van der Waals surface area contributed by atoms with E-state index in [2.05, 4.69) is 15.6 Å². The molecule has 0 saturated carbocycles. The zero-order valence-corrected chi connectivity index (χ0v) is 21.0. The van der Waals surface area contributed by atoms with E-state index in [1.165, 1.54) is 11.3 Å². The van der Waals surface area contributed by atoms with Crippen molar-refractivity contribution < 1.29 is 33.3 Å². The van der Waals surface area contributed by atoms with Crippen molar-refractivity contribution in [1.29, 1.82) is 0 Å². The summed E-state index contributed by atoms with van der Waals surface area (Å²) in [7, 11) is 0. The van der Waals surface area contributed by atoms with Crippen molar-refractivity contribution in [1.82, 2.24) is 4.98 Å². The quantitative estimate of drug-likeness (QED) is 0.233. The highest BCUT2D eigenvalue weighted by Crippen LogP contribution is 2.23. The number of carbonyl (C=O) groups is 3. The topological polar surface area (TPSA) is 125 Å². The molecule has 0 aliphatic rings. The lowest BCUT2D eigenvalue weighted by Gasteiger charge is -2.11. The third-order valence-corrected chi connectivity index (χ3v) is 5.65. The number of nitrogens with one attached hydrogen (secondary N) is 2. The first kappa shape index (κ1) is 28.5. The number of benzene rings is 1. The molecule has 0 unspecified atom stereocenters. The van der Waals surface area contributed by atoms with Crippen molar-refractivity contribution in [2.45, 2.75) is 26.7 Å². The monoisotopic (exact) mass is 507 g/mol. The largest absolute Gasteiger partial charge is 0.379 e. The van der Waals surface area contributed by atoms with E-state index in [4.69, 9.17) is 18.9 Å². The Morgan fingerprint density at radius 1 is 0.886 bits per heavy atom. The molecule has 2 amide bonds. The van der Waals surface area contributed by atoms with Crippen LogP contribution in [0.3, 0.4) is 0 Å². The van der Waals surface area contributed by atoms with E-state index in [1.807, 2.05) is 13.8 Å². The molecule has 2 rings (SSSR count). The van der Waals surface area contributed by atoms with Crippen molar-refractivity contribution in [3.63, 3.8) is 0 Å². The minimum Gasteiger partial charge on any atom is -0.379 e. The number of rotatable bonds is 18. The summed E-state index contributed by atoms with van der Waals surface area (Å²) in [4.78, 5) is 40.5. The van der Waals surface area contributed by atoms with Gasteiger partial charge in [-0.05, 0) is 26.0 Å². The fraction of sp³-hybridized carbons (Fsp3) is 0.500. The molecule has 1 heterocycles. The zero-order valence-electron chi connectivity index (χ0n) is 20.2. The fourth-order valence-electron chi connectivity index (χ4n) is 2.75. The summed E-state index contributed by atoms with van der Waals surface area (Å²) in [5, 5.41) is 6.07. The number of anilines is 2. The van der Waals surface area contributed by atoms with Crippen LogP contribution >= 0.6 is 11.3 Å². The van der Waals surface area contributed by atoms with Gasteiger partial charge in [-0.25, -0.2) is 4.98 Å². The van der Waals surface area contributed by atoms with Gasteiger partial charge in [-0.15, -0.1) is 11.3 Å². The molecule has 1 aromatic carbocycles. The fourth-order valence-corrected chi connectivity index (χ4v) is 3.56. The number of ether oxygens (including phenoxy) is 4. The molecule has 0 bridgehead atoms. The summed E-state index contributed by atoms with van der Waals surface area (Å²) in [6.07, 6.45) is 1.35. The van der Waals surface area contributed by atoms with Crippen LogP contribution in [-0.4, -0.2) is 75.9 Å². The second-order valence-electron chi connectivity index (χ2n) is 7.36. The molecular formula is C24H33N3O7S. The van der Waals surface area contributed by atoms with Crippen LogP contribution in [0.5, 0.6) is 0 Å². The smallest absolute Gasteiger partial charge is 0.259 e. The highest BCUT2D eigenvalue weighted by molar-refractivity contribution is 7.15. The van der Waals surface area contributed by atoms with Crippen LogP contribution in [0.25, 0.3) is 0 Å². The molecule has 11 heteroatoms. The van der Waals surface area contributed by atoms with Gasteiger partial charge in [-0.2, -0.15) is 0 Å². The van der Waals surface area contributed by atoms with Crippen LogP contribution in [0.15, 0.2) is 24.3 Å². The third kappa shape index (κ3) is 11.5. The Kier molecular flexibility index (Phi) is 13.7. The SMILES string of the molecule is Cc1nc(NC(=O)c2ccccc2NC(=O)CCOCCOCCOCCOCCC=O)sc1C. The molecule has 0 saturated heterocycles. The second kappa shape index (κ2) is 16.8. The molecule has 0 aliphatic heterocycles. The van der Waals surface area contributed by atoms with Gasteiger partial charge in [0.05, 0.1) is 76.2 Å². The molecule has 2 N–H and O–H groups in total. The standard InChI is InChI=1S/C24H33N3O7S/c1-18-19(2)35-24(25-18)27-23(30)20-6-3-4-7-21(20)26-22(29)8-11-32-13-15-34-17-16-33-14-12-31-10-5-9-28/h3-4,6-7,9H,5,8,10-17H2,1-2H3,(H,26,29)(H,25,27,30).